The van der Waals surface area contributed by atoms with Crippen molar-refractivity contribution in [2.24, 2.45) is 9.98 Å². The fourth-order valence-electron chi connectivity index (χ4n) is 3.31. The molecular formula is C24H22N4. The van der Waals surface area contributed by atoms with E-state index in [0.29, 0.717) is 0 Å². The predicted molar refractivity (Wildman–Crippen MR) is 115 cm³/mol. The summed E-state index contributed by atoms with van der Waals surface area (Å²) in [5.74, 6) is 0.814. The van der Waals surface area contributed by atoms with Crippen LogP contribution in [0.2, 0.25) is 0 Å². The van der Waals surface area contributed by atoms with Crippen LogP contribution in [0.1, 0.15) is 17.7 Å². The molecule has 0 N–H and O–H groups in total. The molecule has 0 bridgehead atoms. The third-order valence-corrected chi connectivity index (χ3v) is 4.83. The van der Waals surface area contributed by atoms with Crippen molar-refractivity contribution >= 4 is 27.6 Å². The Balaban J connectivity index is 1.67. The first-order chi connectivity index (χ1) is 13.7. The molecule has 4 rings (SSSR count). The molecule has 4 aromatic rings. The molecule has 0 fully saturated rings. The average molecular weight is 366 g/mol. The highest BCUT2D eigenvalue weighted by molar-refractivity contribution is 5.86. The maximum absolute atomic E-state index is 4.90. The predicted octanol–water partition coefficient (Wildman–Crippen LogP) is 4.65. The molecule has 0 atom stereocenters. The van der Waals surface area contributed by atoms with Crippen LogP contribution in [0.4, 0.5) is 0 Å². The Hall–Kier alpha value is -3.40. The van der Waals surface area contributed by atoms with E-state index in [1.165, 1.54) is 0 Å². The number of benzene rings is 1. The summed E-state index contributed by atoms with van der Waals surface area (Å²) in [4.78, 5) is 18.6. The second kappa shape index (κ2) is 8.09. The normalized spacial score (nSPS) is 12.6. The van der Waals surface area contributed by atoms with Crippen molar-refractivity contribution in [2.75, 3.05) is 7.05 Å². The number of hydrogen-bond acceptors (Lipinski definition) is 3. The first kappa shape index (κ1) is 18.0. The number of para-hydroxylation sites is 1. The van der Waals surface area contributed by atoms with Crippen LogP contribution in [0.3, 0.4) is 0 Å². The summed E-state index contributed by atoms with van der Waals surface area (Å²) in [5, 5.41) is 3.13. The van der Waals surface area contributed by atoms with E-state index in [-0.39, 0.29) is 0 Å². The van der Waals surface area contributed by atoms with Gasteiger partial charge in [0.1, 0.15) is 5.84 Å². The monoisotopic (exact) mass is 366 g/mol. The van der Waals surface area contributed by atoms with Crippen LogP contribution >= 0.6 is 0 Å². The fraction of sp³-hybridized carbons (Fsp3) is 0.167. The SMILES string of the molecule is CN=C(CCc1ccc2ccccc2n1)N=c1c(C)cccc2ncccc12. The van der Waals surface area contributed by atoms with Crippen LogP contribution in [-0.4, -0.2) is 22.9 Å². The summed E-state index contributed by atoms with van der Waals surface area (Å²) >= 11 is 0. The lowest BCUT2D eigenvalue weighted by Crippen LogP contribution is -2.11. The summed E-state index contributed by atoms with van der Waals surface area (Å²) in [6.45, 7) is 2.07. The maximum atomic E-state index is 4.90. The lowest BCUT2D eigenvalue weighted by molar-refractivity contribution is 0.968. The first-order valence-corrected chi connectivity index (χ1v) is 9.44. The summed E-state index contributed by atoms with van der Waals surface area (Å²) < 4.78 is 0. The van der Waals surface area contributed by atoms with Gasteiger partial charge >= 0.3 is 0 Å². The van der Waals surface area contributed by atoms with Gasteiger partial charge in [-0.3, -0.25) is 15.0 Å². The minimum atomic E-state index is 0.738. The number of pyridine rings is 2. The molecule has 2 aromatic heterocycles. The van der Waals surface area contributed by atoms with Gasteiger partial charge in [-0.15, -0.1) is 0 Å². The second-order valence-electron chi connectivity index (χ2n) is 6.74. The van der Waals surface area contributed by atoms with E-state index < -0.39 is 0 Å². The Morgan fingerprint density at radius 1 is 0.893 bits per heavy atom. The van der Waals surface area contributed by atoms with E-state index >= 15 is 0 Å². The van der Waals surface area contributed by atoms with Crippen LogP contribution in [0.15, 0.2) is 82.9 Å². The fourth-order valence-corrected chi connectivity index (χ4v) is 3.31. The molecule has 4 heteroatoms. The van der Waals surface area contributed by atoms with Crippen molar-refractivity contribution in [2.45, 2.75) is 19.8 Å². The molecule has 0 saturated heterocycles. The molecule has 2 heterocycles. The maximum Gasteiger partial charge on any atom is 0.124 e. The van der Waals surface area contributed by atoms with E-state index in [4.69, 9.17) is 9.98 Å². The smallest absolute Gasteiger partial charge is 0.124 e. The molecule has 0 aliphatic rings. The highest BCUT2D eigenvalue weighted by atomic mass is 14.9. The quantitative estimate of drug-likeness (QED) is 0.391. The second-order valence-corrected chi connectivity index (χ2v) is 6.74. The van der Waals surface area contributed by atoms with Crippen molar-refractivity contribution < 1.29 is 0 Å². The Bertz CT molecular complexity index is 1240. The van der Waals surface area contributed by atoms with Crippen LogP contribution in [0, 0.1) is 6.92 Å². The van der Waals surface area contributed by atoms with Gasteiger partial charge in [-0.25, -0.2) is 4.99 Å². The first-order valence-electron chi connectivity index (χ1n) is 9.44. The molecule has 0 aliphatic carbocycles. The van der Waals surface area contributed by atoms with Gasteiger partial charge in [-0.1, -0.05) is 36.4 Å². The summed E-state index contributed by atoms with van der Waals surface area (Å²) in [7, 11) is 1.80. The average Bonchev–Trinajstić information content (AvgIpc) is 2.89. The van der Waals surface area contributed by atoms with Crippen LogP contribution < -0.4 is 5.36 Å². The lowest BCUT2D eigenvalue weighted by Gasteiger charge is -2.04. The summed E-state index contributed by atoms with van der Waals surface area (Å²) in [6, 6.07) is 22.5. The third-order valence-electron chi connectivity index (χ3n) is 4.83. The molecule has 0 aliphatic heterocycles. The minimum absolute atomic E-state index is 0.738. The summed E-state index contributed by atoms with van der Waals surface area (Å²) in [6.07, 6.45) is 3.35. The zero-order valence-corrected chi connectivity index (χ0v) is 16.1. The molecule has 2 aromatic carbocycles. The van der Waals surface area contributed by atoms with Crippen molar-refractivity contribution in [3.05, 3.63) is 89.5 Å². The molecule has 0 unspecified atom stereocenters. The topological polar surface area (TPSA) is 50.5 Å². The molecule has 0 saturated carbocycles. The van der Waals surface area contributed by atoms with Gasteiger partial charge in [0.15, 0.2) is 0 Å². The van der Waals surface area contributed by atoms with Gasteiger partial charge in [0, 0.05) is 36.1 Å². The van der Waals surface area contributed by atoms with E-state index in [9.17, 15) is 0 Å². The number of rotatable bonds is 3. The summed E-state index contributed by atoms with van der Waals surface area (Å²) in [5.41, 5.74) is 4.11. The Morgan fingerprint density at radius 3 is 2.64 bits per heavy atom. The number of hydrogen-bond donors (Lipinski definition) is 0. The third kappa shape index (κ3) is 3.81. The van der Waals surface area contributed by atoms with Crippen molar-refractivity contribution in [3.63, 3.8) is 0 Å². The van der Waals surface area contributed by atoms with Crippen molar-refractivity contribution in [1.82, 2.24) is 9.97 Å². The largest absolute Gasteiger partial charge is 0.274 e. The van der Waals surface area contributed by atoms with Gasteiger partial charge < -0.3 is 0 Å². The highest BCUT2D eigenvalue weighted by Crippen LogP contribution is 2.13. The lowest BCUT2D eigenvalue weighted by atomic mass is 10.1. The molecule has 138 valence electrons. The number of aryl methyl sites for hydroxylation is 2. The Kier molecular flexibility index (Phi) is 5.20. The minimum Gasteiger partial charge on any atom is -0.274 e. The van der Waals surface area contributed by atoms with E-state index in [1.54, 1.807) is 7.05 Å². The molecule has 4 nitrogen and oxygen atoms in total. The van der Waals surface area contributed by atoms with Gasteiger partial charge in [0.05, 0.1) is 16.4 Å². The highest BCUT2D eigenvalue weighted by Gasteiger charge is 2.04. The van der Waals surface area contributed by atoms with Crippen molar-refractivity contribution in [1.29, 1.82) is 0 Å². The molecule has 0 radical (unpaired) electrons. The van der Waals surface area contributed by atoms with Gasteiger partial charge in [-0.05, 0) is 49.2 Å². The van der Waals surface area contributed by atoms with E-state index in [0.717, 1.165) is 57.1 Å². The zero-order valence-electron chi connectivity index (χ0n) is 16.1. The van der Waals surface area contributed by atoms with Crippen LogP contribution in [0.5, 0.6) is 0 Å². The Morgan fingerprint density at radius 2 is 1.75 bits per heavy atom. The molecule has 0 amide bonds. The van der Waals surface area contributed by atoms with Crippen molar-refractivity contribution in [3.8, 4) is 0 Å². The van der Waals surface area contributed by atoms with Crippen LogP contribution in [-0.2, 0) is 6.42 Å². The number of aliphatic imine (C=N–C) groups is 1. The standard InChI is InChI=1S/C24H22N4/c1-17-7-5-11-22-20(9-6-16-26-22)24(17)28-23(25-2)15-14-19-13-12-18-8-3-4-10-21(18)27-19/h3-13,16H,14-15H2,1-2H3. The van der Waals surface area contributed by atoms with Crippen LogP contribution in [0.25, 0.3) is 21.8 Å². The number of nitrogens with zero attached hydrogens (tertiary/aromatic N) is 4. The zero-order chi connectivity index (χ0) is 19.3. The van der Waals surface area contributed by atoms with E-state index in [2.05, 4.69) is 47.2 Å². The van der Waals surface area contributed by atoms with Gasteiger partial charge in [0.2, 0.25) is 0 Å². The molecular weight excluding hydrogens is 344 g/mol. The number of aromatic nitrogens is 2. The Labute approximate surface area is 164 Å². The van der Waals surface area contributed by atoms with Gasteiger partial charge in [0.25, 0.3) is 0 Å². The number of amidine groups is 1. The molecule has 28 heavy (non-hydrogen) atoms. The van der Waals surface area contributed by atoms with E-state index in [1.807, 2.05) is 42.6 Å². The molecule has 0 spiro atoms. The number of fused-ring (bicyclic) bond motifs is 2. The van der Waals surface area contributed by atoms with Gasteiger partial charge in [-0.2, -0.15) is 0 Å².